The highest BCUT2D eigenvalue weighted by Gasteiger charge is 2.27. The second kappa shape index (κ2) is 9.15. The van der Waals surface area contributed by atoms with E-state index in [-0.39, 0.29) is 23.0 Å². The highest BCUT2D eigenvalue weighted by Crippen LogP contribution is 2.20. The van der Waals surface area contributed by atoms with Gasteiger partial charge in [0.05, 0.1) is 11.4 Å². The maximum Gasteiger partial charge on any atom is 0.330 e. The summed E-state index contributed by atoms with van der Waals surface area (Å²) in [6.07, 6.45) is 1.48. The van der Waals surface area contributed by atoms with E-state index in [2.05, 4.69) is 15.3 Å². The second-order valence-corrected chi connectivity index (χ2v) is 7.61. The fraction of sp³-hybridized carbons (Fsp3) is 0.167. The number of benzene rings is 2. The number of nitrogens with one attached hydrogen (secondary N) is 2. The molecule has 2 N–H and O–H groups in total. The summed E-state index contributed by atoms with van der Waals surface area (Å²) in [4.78, 5) is 45.8. The average molecular weight is 450 g/mol. The second-order valence-electron chi connectivity index (χ2n) is 7.61. The Hall–Kier alpha value is -4.14. The highest BCUT2D eigenvalue weighted by atomic mass is 19.1. The molecule has 7 nitrogen and oxygen atoms in total. The lowest BCUT2D eigenvalue weighted by molar-refractivity contribution is -0.125. The smallest absolute Gasteiger partial charge is 0.330 e. The van der Waals surface area contributed by atoms with Gasteiger partial charge < -0.3 is 5.32 Å². The molecule has 0 aliphatic rings. The molecule has 2 atom stereocenters. The number of amides is 1. The predicted octanol–water partition coefficient (Wildman–Crippen LogP) is 3.02. The number of carbonyl (C=O) groups excluding carboxylic acids is 1. The topological polar surface area (TPSA) is 96.8 Å². The van der Waals surface area contributed by atoms with E-state index in [1.54, 1.807) is 36.4 Å². The van der Waals surface area contributed by atoms with E-state index in [4.69, 9.17) is 0 Å². The number of hydrogen-bond acceptors (Lipinski definition) is 4. The maximum absolute atomic E-state index is 14.2. The largest absolute Gasteiger partial charge is 0.348 e. The van der Waals surface area contributed by atoms with E-state index in [0.29, 0.717) is 0 Å². The minimum absolute atomic E-state index is 0.0417. The summed E-state index contributed by atoms with van der Waals surface area (Å²) in [6, 6.07) is 12.9. The molecule has 33 heavy (non-hydrogen) atoms. The third kappa shape index (κ3) is 4.57. The summed E-state index contributed by atoms with van der Waals surface area (Å²) in [7, 11) is 0. The van der Waals surface area contributed by atoms with Gasteiger partial charge in [-0.2, -0.15) is 0 Å². The van der Waals surface area contributed by atoms with Crippen molar-refractivity contribution in [3.63, 3.8) is 0 Å². The Kier molecular flexibility index (Phi) is 6.12. The van der Waals surface area contributed by atoms with E-state index >= 15 is 0 Å². The predicted molar refractivity (Wildman–Crippen MR) is 119 cm³/mol. The molecule has 2 aromatic heterocycles. The van der Waals surface area contributed by atoms with Gasteiger partial charge in [0.2, 0.25) is 5.91 Å². The standard InChI is InChI=1S/C24H20F2N4O3/c1-14(17-10-9-16(25)13-19(17)26)28-22(31)20(12-15-6-3-2-4-7-15)30-23(32)18-8-5-11-27-21(18)29-24(30)33/h2-11,13-14,20H,12H2,1H3,(H,28,31)(H,27,29,33)/t14-,20+/m0/s1. The average Bonchev–Trinajstić information content (AvgIpc) is 2.79. The first-order valence-corrected chi connectivity index (χ1v) is 10.2. The summed E-state index contributed by atoms with van der Waals surface area (Å²) >= 11 is 0. The zero-order valence-electron chi connectivity index (χ0n) is 17.6. The van der Waals surface area contributed by atoms with Gasteiger partial charge in [0.1, 0.15) is 23.3 Å². The van der Waals surface area contributed by atoms with Crippen LogP contribution in [-0.4, -0.2) is 20.4 Å². The highest BCUT2D eigenvalue weighted by molar-refractivity contribution is 5.82. The number of carbonyl (C=O) groups is 1. The summed E-state index contributed by atoms with van der Waals surface area (Å²) in [5, 5.41) is 2.80. The number of aromatic nitrogens is 3. The molecule has 1 amide bonds. The number of hydrogen-bond donors (Lipinski definition) is 2. The SMILES string of the molecule is C[C@H](NC(=O)[C@@H](Cc1ccccc1)n1c(=O)[nH]c2ncccc2c1=O)c1ccc(F)cc1F. The Morgan fingerprint density at radius 3 is 2.58 bits per heavy atom. The third-order valence-corrected chi connectivity index (χ3v) is 5.38. The molecular formula is C24H20F2N4O3. The van der Waals surface area contributed by atoms with Crippen LogP contribution >= 0.6 is 0 Å². The third-order valence-electron chi connectivity index (χ3n) is 5.38. The fourth-order valence-corrected chi connectivity index (χ4v) is 3.72. The van der Waals surface area contributed by atoms with Gasteiger partial charge in [0, 0.05) is 24.2 Å². The van der Waals surface area contributed by atoms with Crippen molar-refractivity contribution in [2.45, 2.75) is 25.4 Å². The molecular weight excluding hydrogens is 430 g/mol. The molecule has 4 aromatic rings. The van der Waals surface area contributed by atoms with Crippen molar-refractivity contribution in [3.8, 4) is 0 Å². The lowest BCUT2D eigenvalue weighted by Crippen LogP contribution is -2.46. The van der Waals surface area contributed by atoms with Crippen LogP contribution in [0.1, 0.15) is 30.1 Å². The van der Waals surface area contributed by atoms with Crippen LogP contribution in [0.2, 0.25) is 0 Å². The Balaban J connectivity index is 1.76. The number of fused-ring (bicyclic) bond motifs is 1. The molecule has 0 unspecified atom stereocenters. The van der Waals surface area contributed by atoms with Crippen LogP contribution in [0, 0.1) is 11.6 Å². The fourth-order valence-electron chi connectivity index (χ4n) is 3.72. The van der Waals surface area contributed by atoms with Gasteiger partial charge in [0.25, 0.3) is 5.56 Å². The van der Waals surface area contributed by atoms with Crippen molar-refractivity contribution in [1.82, 2.24) is 19.9 Å². The van der Waals surface area contributed by atoms with Gasteiger partial charge in [0.15, 0.2) is 0 Å². The monoisotopic (exact) mass is 450 g/mol. The van der Waals surface area contributed by atoms with Gasteiger partial charge in [-0.1, -0.05) is 36.4 Å². The van der Waals surface area contributed by atoms with Gasteiger partial charge >= 0.3 is 5.69 Å². The normalized spacial score (nSPS) is 12.9. The van der Waals surface area contributed by atoms with Crippen molar-refractivity contribution >= 4 is 16.9 Å². The molecule has 168 valence electrons. The van der Waals surface area contributed by atoms with Crippen molar-refractivity contribution < 1.29 is 13.6 Å². The lowest BCUT2D eigenvalue weighted by Gasteiger charge is -2.22. The summed E-state index contributed by atoms with van der Waals surface area (Å²) in [6.45, 7) is 1.53. The Bertz CT molecular complexity index is 1430. The molecule has 9 heteroatoms. The van der Waals surface area contributed by atoms with Crippen molar-refractivity contribution in [1.29, 1.82) is 0 Å². The first-order chi connectivity index (χ1) is 15.8. The number of rotatable bonds is 6. The Morgan fingerprint density at radius 2 is 1.85 bits per heavy atom. The molecule has 0 aliphatic heterocycles. The molecule has 0 saturated heterocycles. The van der Waals surface area contributed by atoms with E-state index in [1.807, 2.05) is 0 Å². The molecule has 2 heterocycles. The van der Waals surface area contributed by atoms with Crippen LogP contribution in [-0.2, 0) is 11.2 Å². The molecule has 4 rings (SSSR count). The molecule has 0 fully saturated rings. The lowest BCUT2D eigenvalue weighted by atomic mass is 10.0. The first kappa shape index (κ1) is 22.1. The molecule has 0 saturated carbocycles. The van der Waals surface area contributed by atoms with Crippen LogP contribution in [0.5, 0.6) is 0 Å². The molecule has 0 aliphatic carbocycles. The number of nitrogens with zero attached hydrogens (tertiary/aromatic N) is 2. The maximum atomic E-state index is 14.2. The quantitative estimate of drug-likeness (QED) is 0.472. The molecule has 0 spiro atoms. The van der Waals surface area contributed by atoms with Gasteiger partial charge in [-0.25, -0.2) is 23.1 Å². The van der Waals surface area contributed by atoms with Gasteiger partial charge in [-0.15, -0.1) is 0 Å². The van der Waals surface area contributed by atoms with Crippen molar-refractivity contribution in [3.05, 3.63) is 110 Å². The number of H-pyrrole nitrogens is 1. The molecule has 0 bridgehead atoms. The first-order valence-electron chi connectivity index (χ1n) is 10.2. The summed E-state index contributed by atoms with van der Waals surface area (Å²) in [5.41, 5.74) is -0.547. The van der Waals surface area contributed by atoms with E-state index in [1.165, 1.54) is 25.3 Å². The summed E-state index contributed by atoms with van der Waals surface area (Å²) in [5.74, 6) is -2.21. The zero-order valence-corrected chi connectivity index (χ0v) is 17.6. The van der Waals surface area contributed by atoms with Crippen LogP contribution in [0.25, 0.3) is 11.0 Å². The van der Waals surface area contributed by atoms with Gasteiger partial charge in [-0.3, -0.25) is 14.6 Å². The number of halogens is 2. The minimum Gasteiger partial charge on any atom is -0.348 e. The Labute approximate surface area is 186 Å². The van der Waals surface area contributed by atoms with Crippen LogP contribution in [0.4, 0.5) is 8.78 Å². The van der Waals surface area contributed by atoms with Crippen LogP contribution in [0.3, 0.4) is 0 Å². The van der Waals surface area contributed by atoms with Crippen molar-refractivity contribution in [2.24, 2.45) is 0 Å². The van der Waals surface area contributed by atoms with E-state index in [9.17, 15) is 23.2 Å². The van der Waals surface area contributed by atoms with Gasteiger partial charge in [-0.05, 0) is 30.7 Å². The number of pyridine rings is 1. The Morgan fingerprint density at radius 1 is 1.09 bits per heavy atom. The molecule has 2 aromatic carbocycles. The minimum atomic E-state index is -1.22. The van der Waals surface area contributed by atoms with Crippen LogP contribution < -0.4 is 16.6 Å². The van der Waals surface area contributed by atoms with Crippen molar-refractivity contribution in [2.75, 3.05) is 0 Å². The van der Waals surface area contributed by atoms with E-state index < -0.39 is 40.9 Å². The number of aromatic amines is 1. The van der Waals surface area contributed by atoms with Crippen LogP contribution in [0.15, 0.2) is 76.4 Å². The summed E-state index contributed by atoms with van der Waals surface area (Å²) < 4.78 is 28.3. The molecule has 0 radical (unpaired) electrons. The van der Waals surface area contributed by atoms with E-state index in [0.717, 1.165) is 22.3 Å². The zero-order chi connectivity index (χ0) is 23.5.